The SMILES string of the molecule is C=C1CCC(NC(=O)c2ccco2)C(=O)N1. The van der Waals surface area contributed by atoms with E-state index in [2.05, 4.69) is 17.2 Å². The van der Waals surface area contributed by atoms with Crippen LogP contribution in [-0.2, 0) is 4.79 Å². The number of carbonyl (C=O) groups is 2. The number of hydrogen-bond acceptors (Lipinski definition) is 3. The molecule has 2 amide bonds. The molecule has 2 rings (SSSR count). The van der Waals surface area contributed by atoms with E-state index in [1.54, 1.807) is 12.1 Å². The van der Waals surface area contributed by atoms with Crippen molar-refractivity contribution >= 4 is 11.8 Å². The van der Waals surface area contributed by atoms with E-state index in [1.165, 1.54) is 6.26 Å². The summed E-state index contributed by atoms with van der Waals surface area (Å²) in [6.45, 7) is 3.66. The van der Waals surface area contributed by atoms with Gasteiger partial charge in [0.25, 0.3) is 5.91 Å². The third-order valence-electron chi connectivity index (χ3n) is 2.40. The zero-order valence-corrected chi connectivity index (χ0v) is 8.66. The largest absolute Gasteiger partial charge is 0.459 e. The molecule has 0 aromatic carbocycles. The number of carbonyl (C=O) groups excluding carboxylic acids is 2. The van der Waals surface area contributed by atoms with Gasteiger partial charge in [-0.3, -0.25) is 9.59 Å². The standard InChI is InChI=1S/C11H12N2O3/c1-7-4-5-8(10(14)12-7)13-11(15)9-3-2-6-16-9/h2-3,6,8H,1,4-5H2,(H,12,14)(H,13,15). The molecule has 1 aliphatic rings. The number of nitrogens with one attached hydrogen (secondary N) is 2. The van der Waals surface area contributed by atoms with Crippen molar-refractivity contribution in [3.8, 4) is 0 Å². The third kappa shape index (κ3) is 2.13. The third-order valence-corrected chi connectivity index (χ3v) is 2.40. The topological polar surface area (TPSA) is 71.3 Å². The van der Waals surface area contributed by atoms with Crippen LogP contribution in [0.5, 0.6) is 0 Å². The highest BCUT2D eigenvalue weighted by atomic mass is 16.3. The Kier molecular flexibility index (Phi) is 2.76. The van der Waals surface area contributed by atoms with E-state index in [1.807, 2.05) is 0 Å². The van der Waals surface area contributed by atoms with Crippen LogP contribution in [0.25, 0.3) is 0 Å². The van der Waals surface area contributed by atoms with Gasteiger partial charge in [-0.05, 0) is 25.0 Å². The predicted octanol–water partition coefficient (Wildman–Crippen LogP) is 0.802. The first-order valence-corrected chi connectivity index (χ1v) is 5.00. The maximum Gasteiger partial charge on any atom is 0.287 e. The summed E-state index contributed by atoms with van der Waals surface area (Å²) in [7, 11) is 0. The Balaban J connectivity index is 1.97. The van der Waals surface area contributed by atoms with Gasteiger partial charge in [-0.25, -0.2) is 0 Å². The highest BCUT2D eigenvalue weighted by molar-refractivity contribution is 5.96. The molecule has 0 spiro atoms. The molecule has 1 aliphatic heterocycles. The number of amides is 2. The number of hydrogen-bond donors (Lipinski definition) is 2. The lowest BCUT2D eigenvalue weighted by Gasteiger charge is -2.23. The summed E-state index contributed by atoms with van der Waals surface area (Å²) in [5.74, 6) is -0.397. The van der Waals surface area contributed by atoms with Crippen molar-refractivity contribution in [2.24, 2.45) is 0 Å². The second-order valence-corrected chi connectivity index (χ2v) is 3.63. The van der Waals surface area contributed by atoms with E-state index in [9.17, 15) is 9.59 Å². The molecular weight excluding hydrogens is 208 g/mol. The van der Waals surface area contributed by atoms with E-state index in [4.69, 9.17) is 4.42 Å². The minimum Gasteiger partial charge on any atom is -0.459 e. The minimum absolute atomic E-state index is 0.206. The molecule has 84 valence electrons. The molecular formula is C11H12N2O3. The summed E-state index contributed by atoms with van der Waals surface area (Å²) in [4.78, 5) is 23.1. The number of rotatable bonds is 2. The Hall–Kier alpha value is -2.04. The van der Waals surface area contributed by atoms with E-state index in [0.29, 0.717) is 18.5 Å². The summed E-state index contributed by atoms with van der Waals surface area (Å²) >= 11 is 0. The number of piperidine rings is 1. The quantitative estimate of drug-likeness (QED) is 0.774. The Labute approximate surface area is 92.5 Å². The molecule has 1 fully saturated rings. The van der Waals surface area contributed by atoms with Crippen molar-refractivity contribution in [1.29, 1.82) is 0 Å². The van der Waals surface area contributed by atoms with Crippen LogP contribution in [0.4, 0.5) is 0 Å². The van der Waals surface area contributed by atoms with Gasteiger partial charge in [-0.2, -0.15) is 0 Å². The molecule has 0 aliphatic carbocycles. The summed E-state index contributed by atoms with van der Waals surface area (Å²) in [5, 5.41) is 5.21. The Morgan fingerprint density at radius 2 is 2.44 bits per heavy atom. The highest BCUT2D eigenvalue weighted by Crippen LogP contribution is 2.11. The molecule has 2 N–H and O–H groups in total. The van der Waals surface area contributed by atoms with Crippen LogP contribution >= 0.6 is 0 Å². The molecule has 0 saturated carbocycles. The van der Waals surface area contributed by atoms with Gasteiger partial charge in [-0.1, -0.05) is 6.58 Å². The van der Waals surface area contributed by atoms with Gasteiger partial charge in [0.15, 0.2) is 5.76 Å². The first-order chi connectivity index (χ1) is 7.66. The lowest BCUT2D eigenvalue weighted by Crippen LogP contribution is -2.49. The van der Waals surface area contributed by atoms with Crippen LogP contribution in [0.15, 0.2) is 35.1 Å². The Morgan fingerprint density at radius 3 is 3.06 bits per heavy atom. The Morgan fingerprint density at radius 1 is 1.62 bits per heavy atom. The molecule has 16 heavy (non-hydrogen) atoms. The molecule has 5 nitrogen and oxygen atoms in total. The van der Waals surface area contributed by atoms with Crippen LogP contribution in [0, 0.1) is 0 Å². The summed E-state index contributed by atoms with van der Waals surface area (Å²) in [5.41, 5.74) is 0.688. The summed E-state index contributed by atoms with van der Waals surface area (Å²) in [6, 6.07) is 2.66. The van der Waals surface area contributed by atoms with Gasteiger partial charge < -0.3 is 15.1 Å². The monoisotopic (exact) mass is 220 g/mol. The zero-order chi connectivity index (χ0) is 11.5. The average Bonchev–Trinajstić information content (AvgIpc) is 2.75. The van der Waals surface area contributed by atoms with Crippen molar-refractivity contribution in [3.63, 3.8) is 0 Å². The molecule has 0 bridgehead atoms. The second-order valence-electron chi connectivity index (χ2n) is 3.63. The average molecular weight is 220 g/mol. The predicted molar refractivity (Wildman–Crippen MR) is 56.5 cm³/mol. The van der Waals surface area contributed by atoms with E-state index in [-0.39, 0.29) is 17.6 Å². The fourth-order valence-electron chi connectivity index (χ4n) is 1.55. The molecule has 0 radical (unpaired) electrons. The summed E-state index contributed by atoms with van der Waals surface area (Å²) in [6.07, 6.45) is 2.66. The first kappa shape index (κ1) is 10.5. The van der Waals surface area contributed by atoms with E-state index in [0.717, 1.165) is 0 Å². The maximum absolute atomic E-state index is 11.6. The van der Waals surface area contributed by atoms with Crippen LogP contribution in [0.1, 0.15) is 23.4 Å². The van der Waals surface area contributed by atoms with Crippen LogP contribution in [0.2, 0.25) is 0 Å². The maximum atomic E-state index is 11.6. The van der Waals surface area contributed by atoms with Crippen molar-refractivity contribution in [1.82, 2.24) is 10.6 Å². The number of allylic oxidation sites excluding steroid dienone is 1. The lowest BCUT2D eigenvalue weighted by molar-refractivity contribution is -0.123. The molecule has 1 aromatic heterocycles. The van der Waals surface area contributed by atoms with Crippen molar-refractivity contribution in [2.75, 3.05) is 0 Å². The van der Waals surface area contributed by atoms with Gasteiger partial charge in [0.1, 0.15) is 6.04 Å². The molecule has 5 heteroatoms. The highest BCUT2D eigenvalue weighted by Gasteiger charge is 2.26. The lowest BCUT2D eigenvalue weighted by atomic mass is 10.0. The van der Waals surface area contributed by atoms with Crippen molar-refractivity contribution < 1.29 is 14.0 Å². The summed E-state index contributed by atoms with van der Waals surface area (Å²) < 4.78 is 4.93. The Bertz CT molecular complexity index is 422. The van der Waals surface area contributed by atoms with Gasteiger partial charge in [0.05, 0.1) is 6.26 Å². The smallest absolute Gasteiger partial charge is 0.287 e. The van der Waals surface area contributed by atoms with Crippen molar-refractivity contribution in [3.05, 3.63) is 36.4 Å². The number of furan rings is 1. The fourth-order valence-corrected chi connectivity index (χ4v) is 1.55. The molecule has 1 atom stereocenters. The fraction of sp³-hybridized carbons (Fsp3) is 0.273. The first-order valence-electron chi connectivity index (χ1n) is 5.00. The molecule has 1 aromatic rings. The van der Waals surface area contributed by atoms with Gasteiger partial charge in [0, 0.05) is 5.70 Å². The zero-order valence-electron chi connectivity index (χ0n) is 8.66. The van der Waals surface area contributed by atoms with Crippen molar-refractivity contribution in [2.45, 2.75) is 18.9 Å². The molecule has 2 heterocycles. The minimum atomic E-state index is -0.511. The molecule has 1 saturated heterocycles. The van der Waals surface area contributed by atoms with Gasteiger partial charge in [-0.15, -0.1) is 0 Å². The van der Waals surface area contributed by atoms with E-state index >= 15 is 0 Å². The van der Waals surface area contributed by atoms with Gasteiger partial charge in [0.2, 0.25) is 5.91 Å². The van der Waals surface area contributed by atoms with Crippen LogP contribution < -0.4 is 10.6 Å². The van der Waals surface area contributed by atoms with Crippen LogP contribution in [-0.4, -0.2) is 17.9 Å². The van der Waals surface area contributed by atoms with Crippen LogP contribution in [0.3, 0.4) is 0 Å². The molecule has 1 unspecified atom stereocenters. The normalized spacial score (nSPS) is 20.4. The second kappa shape index (κ2) is 4.22. The van der Waals surface area contributed by atoms with Gasteiger partial charge >= 0.3 is 0 Å². The van der Waals surface area contributed by atoms with E-state index < -0.39 is 6.04 Å².